The molecule has 1 aromatic heterocycles. The lowest BCUT2D eigenvalue weighted by molar-refractivity contribution is 0.313. The van der Waals surface area contributed by atoms with E-state index in [-0.39, 0.29) is 0 Å². The van der Waals surface area contributed by atoms with Crippen molar-refractivity contribution in [2.45, 2.75) is 26.9 Å². The Hall–Kier alpha value is -2.07. The number of aryl methyl sites for hydroxylation is 1. The van der Waals surface area contributed by atoms with E-state index in [1.54, 1.807) is 7.11 Å². The maximum absolute atomic E-state index is 5.71. The summed E-state index contributed by atoms with van der Waals surface area (Å²) in [6.07, 6.45) is 1.87. The summed E-state index contributed by atoms with van der Waals surface area (Å²) < 4.78 is 5.46. The summed E-state index contributed by atoms with van der Waals surface area (Å²) >= 11 is 0. The van der Waals surface area contributed by atoms with E-state index >= 15 is 0 Å². The van der Waals surface area contributed by atoms with Gasteiger partial charge in [0.05, 0.1) is 12.8 Å². The van der Waals surface area contributed by atoms with Gasteiger partial charge in [0.15, 0.2) is 0 Å². The van der Waals surface area contributed by atoms with Crippen molar-refractivity contribution >= 4 is 5.69 Å². The van der Waals surface area contributed by atoms with E-state index in [1.807, 2.05) is 25.3 Å². The average Bonchev–Trinajstić information content (AvgIpc) is 2.45. The first-order valence-electron chi connectivity index (χ1n) is 7.03. The van der Waals surface area contributed by atoms with Gasteiger partial charge in [-0.2, -0.15) is 0 Å². The molecule has 0 aliphatic heterocycles. The van der Waals surface area contributed by atoms with Gasteiger partial charge in [-0.1, -0.05) is 12.1 Å². The Bertz CT molecular complexity index is 608. The van der Waals surface area contributed by atoms with Crippen LogP contribution in [0.4, 0.5) is 5.69 Å². The van der Waals surface area contributed by atoms with E-state index in [0.29, 0.717) is 0 Å². The van der Waals surface area contributed by atoms with Crippen LogP contribution in [-0.2, 0) is 13.1 Å². The van der Waals surface area contributed by atoms with Crippen LogP contribution in [0.15, 0.2) is 30.5 Å². The fourth-order valence-electron chi connectivity index (χ4n) is 2.48. The number of nitrogens with zero attached hydrogens (tertiary/aromatic N) is 2. The van der Waals surface area contributed by atoms with Gasteiger partial charge >= 0.3 is 0 Å². The van der Waals surface area contributed by atoms with Crippen molar-refractivity contribution in [2.24, 2.45) is 0 Å². The second-order valence-corrected chi connectivity index (χ2v) is 5.46. The molecule has 0 aliphatic rings. The predicted octanol–water partition coefficient (Wildman–Crippen LogP) is 2.92. The van der Waals surface area contributed by atoms with Crippen molar-refractivity contribution in [2.75, 3.05) is 19.9 Å². The van der Waals surface area contributed by atoms with Gasteiger partial charge in [0, 0.05) is 36.1 Å². The van der Waals surface area contributed by atoms with Gasteiger partial charge in [-0.3, -0.25) is 9.88 Å². The highest BCUT2D eigenvalue weighted by molar-refractivity contribution is 5.41. The van der Waals surface area contributed by atoms with Crippen LogP contribution < -0.4 is 10.5 Å². The summed E-state index contributed by atoms with van der Waals surface area (Å²) in [7, 11) is 3.79. The van der Waals surface area contributed by atoms with Crippen LogP contribution >= 0.6 is 0 Å². The lowest BCUT2D eigenvalue weighted by atomic mass is 10.1. The molecule has 2 aromatic rings. The van der Waals surface area contributed by atoms with Gasteiger partial charge in [0.25, 0.3) is 0 Å². The zero-order valence-electron chi connectivity index (χ0n) is 13.2. The van der Waals surface area contributed by atoms with E-state index < -0.39 is 0 Å². The number of pyridine rings is 1. The van der Waals surface area contributed by atoms with Crippen molar-refractivity contribution in [1.82, 2.24) is 9.88 Å². The largest absolute Gasteiger partial charge is 0.496 e. The Balaban J connectivity index is 2.09. The van der Waals surface area contributed by atoms with E-state index in [2.05, 4.69) is 36.0 Å². The number of nitrogens with two attached hydrogens (primary N) is 1. The van der Waals surface area contributed by atoms with Crippen molar-refractivity contribution in [3.8, 4) is 5.75 Å². The maximum Gasteiger partial charge on any atom is 0.128 e. The first-order chi connectivity index (χ1) is 10.0. The van der Waals surface area contributed by atoms with Crippen LogP contribution in [-0.4, -0.2) is 24.0 Å². The number of nitrogen functional groups attached to an aromatic ring is 1. The number of ether oxygens (including phenoxy) is 1. The lowest BCUT2D eigenvalue weighted by Crippen LogP contribution is -2.19. The Labute approximate surface area is 126 Å². The third-order valence-corrected chi connectivity index (χ3v) is 3.60. The van der Waals surface area contributed by atoms with Crippen molar-refractivity contribution in [3.05, 3.63) is 52.8 Å². The van der Waals surface area contributed by atoms with Crippen LogP contribution in [0, 0.1) is 13.8 Å². The molecule has 0 saturated heterocycles. The molecule has 0 atom stereocenters. The van der Waals surface area contributed by atoms with Gasteiger partial charge < -0.3 is 10.5 Å². The van der Waals surface area contributed by atoms with Crippen LogP contribution in [0.25, 0.3) is 0 Å². The van der Waals surface area contributed by atoms with E-state index in [4.69, 9.17) is 10.5 Å². The minimum Gasteiger partial charge on any atom is -0.496 e. The smallest absolute Gasteiger partial charge is 0.128 e. The van der Waals surface area contributed by atoms with Gasteiger partial charge in [0.2, 0.25) is 0 Å². The van der Waals surface area contributed by atoms with Gasteiger partial charge in [0.1, 0.15) is 5.75 Å². The molecule has 0 amide bonds. The fraction of sp³-hybridized carbons (Fsp3) is 0.353. The molecule has 0 spiro atoms. The zero-order valence-corrected chi connectivity index (χ0v) is 13.2. The number of anilines is 1. The third-order valence-electron chi connectivity index (χ3n) is 3.60. The lowest BCUT2D eigenvalue weighted by Gasteiger charge is -2.19. The molecule has 1 heterocycles. The molecule has 0 bridgehead atoms. The molecule has 0 saturated carbocycles. The van der Waals surface area contributed by atoms with E-state index in [0.717, 1.165) is 41.3 Å². The van der Waals surface area contributed by atoms with Crippen molar-refractivity contribution in [1.29, 1.82) is 0 Å². The van der Waals surface area contributed by atoms with Crippen molar-refractivity contribution in [3.63, 3.8) is 0 Å². The Kier molecular flexibility index (Phi) is 4.81. The van der Waals surface area contributed by atoms with Crippen molar-refractivity contribution < 1.29 is 4.74 Å². The average molecular weight is 285 g/mol. The first-order valence-corrected chi connectivity index (χ1v) is 7.03. The summed E-state index contributed by atoms with van der Waals surface area (Å²) in [6.45, 7) is 5.72. The molecule has 4 nitrogen and oxygen atoms in total. The number of rotatable bonds is 5. The molecular weight excluding hydrogens is 262 g/mol. The zero-order chi connectivity index (χ0) is 15.4. The molecule has 112 valence electrons. The number of hydrogen-bond donors (Lipinski definition) is 1. The number of hydrogen-bond acceptors (Lipinski definition) is 4. The predicted molar refractivity (Wildman–Crippen MR) is 86.3 cm³/mol. The second-order valence-electron chi connectivity index (χ2n) is 5.46. The summed E-state index contributed by atoms with van der Waals surface area (Å²) in [5.41, 5.74) is 11.0. The minimum absolute atomic E-state index is 0.785. The summed E-state index contributed by atoms with van der Waals surface area (Å²) in [5, 5.41) is 0. The third kappa shape index (κ3) is 3.73. The maximum atomic E-state index is 5.71. The number of benzene rings is 1. The molecule has 0 aliphatic carbocycles. The number of aromatic nitrogens is 1. The Morgan fingerprint density at radius 3 is 2.43 bits per heavy atom. The quantitative estimate of drug-likeness (QED) is 0.858. The molecule has 0 fully saturated rings. The van der Waals surface area contributed by atoms with Crippen LogP contribution in [0.5, 0.6) is 5.75 Å². The summed E-state index contributed by atoms with van der Waals surface area (Å²) in [4.78, 5) is 6.77. The van der Waals surface area contributed by atoms with E-state index in [1.165, 1.54) is 5.56 Å². The van der Waals surface area contributed by atoms with Crippen LogP contribution in [0.3, 0.4) is 0 Å². The normalized spacial score (nSPS) is 10.9. The van der Waals surface area contributed by atoms with Crippen LogP contribution in [0.2, 0.25) is 0 Å². The summed E-state index contributed by atoms with van der Waals surface area (Å²) in [6, 6.07) is 7.98. The molecule has 1 aromatic carbocycles. The molecular formula is C17H23N3O. The SMILES string of the molecule is COc1c(C)cnc(CN(C)Cc2ccc(N)cc2)c1C. The minimum atomic E-state index is 0.785. The monoisotopic (exact) mass is 285 g/mol. The molecule has 0 unspecified atom stereocenters. The molecule has 2 rings (SSSR count). The Morgan fingerprint density at radius 2 is 1.81 bits per heavy atom. The molecule has 21 heavy (non-hydrogen) atoms. The standard InChI is InChI=1S/C17H23N3O/c1-12-9-19-16(13(2)17(12)21-4)11-20(3)10-14-5-7-15(18)8-6-14/h5-9H,10-11,18H2,1-4H3. The fourth-order valence-corrected chi connectivity index (χ4v) is 2.48. The summed E-state index contributed by atoms with van der Waals surface area (Å²) in [5.74, 6) is 0.931. The molecule has 0 radical (unpaired) electrons. The highest BCUT2D eigenvalue weighted by atomic mass is 16.5. The second kappa shape index (κ2) is 6.59. The van der Waals surface area contributed by atoms with Gasteiger partial charge in [-0.25, -0.2) is 0 Å². The molecule has 2 N–H and O–H groups in total. The topological polar surface area (TPSA) is 51.4 Å². The van der Waals surface area contributed by atoms with Gasteiger partial charge in [-0.05, 0) is 38.6 Å². The first kappa shape index (κ1) is 15.3. The highest BCUT2D eigenvalue weighted by Gasteiger charge is 2.11. The Morgan fingerprint density at radius 1 is 1.14 bits per heavy atom. The number of methoxy groups -OCH3 is 1. The van der Waals surface area contributed by atoms with Gasteiger partial charge in [-0.15, -0.1) is 0 Å². The van der Waals surface area contributed by atoms with E-state index in [9.17, 15) is 0 Å². The molecule has 4 heteroatoms. The van der Waals surface area contributed by atoms with Crippen LogP contribution in [0.1, 0.15) is 22.4 Å². The highest BCUT2D eigenvalue weighted by Crippen LogP contribution is 2.24.